The number of fused-ring (bicyclic) bond motifs is 1. The lowest BCUT2D eigenvalue weighted by molar-refractivity contribution is -0.197. The SMILES string of the molecule is COc1cc(=O)n(C)cc1-c1ccc2nc(N3CCC(CN4CCN(C(=O)O)CC4)CC3)nc(C(COC3CCCCO3)(OC3CC3)c3ccccc3)c2c1. The third kappa shape index (κ3) is 8.21. The van der Waals surface area contributed by atoms with E-state index in [4.69, 9.17) is 28.9 Å². The zero-order valence-corrected chi connectivity index (χ0v) is 31.9. The normalized spacial score (nSPS) is 21.1. The van der Waals surface area contributed by atoms with Gasteiger partial charge in [-0.1, -0.05) is 36.4 Å². The highest BCUT2D eigenvalue weighted by Crippen LogP contribution is 2.44. The van der Waals surface area contributed by atoms with Gasteiger partial charge in [-0.15, -0.1) is 0 Å². The number of aryl methyl sites for hydroxylation is 1. The van der Waals surface area contributed by atoms with E-state index in [1.165, 1.54) is 11.0 Å². The van der Waals surface area contributed by atoms with Gasteiger partial charge in [0.05, 0.1) is 31.0 Å². The highest BCUT2D eigenvalue weighted by atomic mass is 16.7. The van der Waals surface area contributed by atoms with Crippen molar-refractivity contribution in [2.24, 2.45) is 13.0 Å². The molecule has 8 rings (SSSR count). The molecule has 3 aliphatic heterocycles. The van der Waals surface area contributed by atoms with Gasteiger partial charge in [0.25, 0.3) is 5.56 Å². The van der Waals surface area contributed by atoms with Gasteiger partial charge in [-0.25, -0.2) is 14.8 Å². The maximum absolute atomic E-state index is 12.6. The third-order valence-corrected chi connectivity index (χ3v) is 11.6. The van der Waals surface area contributed by atoms with Crippen LogP contribution in [0.5, 0.6) is 5.75 Å². The fraction of sp³-hybridized carbons (Fsp3) is 0.524. The first-order valence-electron chi connectivity index (χ1n) is 19.8. The zero-order valence-electron chi connectivity index (χ0n) is 31.9. The molecule has 1 amide bonds. The number of benzene rings is 2. The van der Waals surface area contributed by atoms with Crippen molar-refractivity contribution in [1.29, 1.82) is 0 Å². The second kappa shape index (κ2) is 16.3. The summed E-state index contributed by atoms with van der Waals surface area (Å²) in [5.41, 5.74) is 2.92. The van der Waals surface area contributed by atoms with Crippen molar-refractivity contribution in [3.63, 3.8) is 0 Å². The number of aromatic nitrogens is 3. The van der Waals surface area contributed by atoms with Crippen LogP contribution in [0.2, 0.25) is 0 Å². The Balaban J connectivity index is 1.19. The molecule has 1 N–H and O–H groups in total. The minimum atomic E-state index is -1.07. The summed E-state index contributed by atoms with van der Waals surface area (Å²) in [5, 5.41) is 10.2. The molecule has 3 saturated heterocycles. The quantitative estimate of drug-likeness (QED) is 0.197. The number of piperidine rings is 1. The van der Waals surface area contributed by atoms with Gasteiger partial charge in [0.2, 0.25) is 5.95 Å². The van der Waals surface area contributed by atoms with Crippen LogP contribution in [0.1, 0.15) is 56.2 Å². The smallest absolute Gasteiger partial charge is 0.407 e. The second-order valence-electron chi connectivity index (χ2n) is 15.4. The summed E-state index contributed by atoms with van der Waals surface area (Å²) in [7, 11) is 3.32. The predicted octanol–water partition coefficient (Wildman–Crippen LogP) is 5.48. The van der Waals surface area contributed by atoms with Crippen molar-refractivity contribution in [3.8, 4) is 16.9 Å². The number of ether oxygens (including phenoxy) is 4. The first-order valence-corrected chi connectivity index (χ1v) is 19.8. The van der Waals surface area contributed by atoms with Crippen LogP contribution in [0.3, 0.4) is 0 Å². The first-order chi connectivity index (χ1) is 26.8. The second-order valence-corrected chi connectivity index (χ2v) is 15.4. The van der Waals surface area contributed by atoms with Crippen LogP contribution in [-0.4, -0.2) is 114 Å². The molecule has 4 fully saturated rings. The van der Waals surface area contributed by atoms with Crippen molar-refractivity contribution in [2.45, 2.75) is 62.9 Å². The summed E-state index contributed by atoms with van der Waals surface area (Å²) in [4.78, 5) is 40.9. The number of carbonyl (C=O) groups is 1. The van der Waals surface area contributed by atoms with E-state index in [-0.39, 0.29) is 24.6 Å². The summed E-state index contributed by atoms with van der Waals surface area (Å²) in [6.07, 6.45) is 7.51. The number of rotatable bonds is 12. The Morgan fingerprint density at radius 1 is 0.945 bits per heavy atom. The minimum Gasteiger partial charge on any atom is -0.496 e. The molecule has 4 aromatic rings. The van der Waals surface area contributed by atoms with Gasteiger partial charge >= 0.3 is 6.09 Å². The highest BCUT2D eigenvalue weighted by Gasteiger charge is 2.45. The number of nitrogens with zero attached hydrogens (tertiary/aromatic N) is 6. The molecule has 2 aromatic carbocycles. The standard InChI is InChI=1S/C42H52N6O7/c1-45-27-34(36(52-2)25-37(45)49)30-11-14-35-33(24-30)39(42(55-32-12-13-32,31-8-4-3-5-9-31)28-54-38-10-6-7-23-53-38)44-40(43-35)47-17-15-29(16-18-47)26-46-19-21-48(22-20-46)41(50)51/h3-5,8-9,11,14,24-25,27,29,32,38H,6-7,10,12-13,15-23,26,28H2,1-2H3,(H,50,51). The first kappa shape index (κ1) is 37.4. The lowest BCUT2D eigenvalue weighted by Crippen LogP contribution is -2.50. The van der Waals surface area contributed by atoms with E-state index in [9.17, 15) is 14.7 Å². The van der Waals surface area contributed by atoms with Crippen LogP contribution in [0.15, 0.2) is 65.6 Å². The molecular formula is C42H52N6O7. The molecule has 55 heavy (non-hydrogen) atoms. The molecule has 4 aliphatic rings. The van der Waals surface area contributed by atoms with Gasteiger partial charge in [0.1, 0.15) is 5.75 Å². The number of pyridine rings is 1. The number of anilines is 1. The molecule has 1 aliphatic carbocycles. The van der Waals surface area contributed by atoms with E-state index in [1.54, 1.807) is 18.7 Å². The fourth-order valence-corrected chi connectivity index (χ4v) is 8.21. The Hall–Kier alpha value is -4.56. The summed E-state index contributed by atoms with van der Waals surface area (Å²) in [6, 6.07) is 18.0. The van der Waals surface area contributed by atoms with Crippen LogP contribution >= 0.6 is 0 Å². The van der Waals surface area contributed by atoms with E-state index in [0.717, 1.165) is 111 Å². The highest BCUT2D eigenvalue weighted by molar-refractivity contribution is 5.89. The van der Waals surface area contributed by atoms with Crippen LogP contribution in [0.25, 0.3) is 22.0 Å². The molecule has 2 aromatic heterocycles. The zero-order chi connectivity index (χ0) is 37.9. The molecule has 13 heteroatoms. The Morgan fingerprint density at radius 2 is 1.73 bits per heavy atom. The maximum atomic E-state index is 12.6. The molecule has 5 heterocycles. The Morgan fingerprint density at radius 3 is 2.42 bits per heavy atom. The average molecular weight is 753 g/mol. The number of methoxy groups -OCH3 is 1. The van der Waals surface area contributed by atoms with Crippen molar-refractivity contribution in [3.05, 3.63) is 82.4 Å². The molecule has 0 bridgehead atoms. The summed E-state index contributed by atoms with van der Waals surface area (Å²) < 4.78 is 27.2. The van der Waals surface area contributed by atoms with Gasteiger partial charge in [-0.2, -0.15) is 0 Å². The predicted molar refractivity (Wildman–Crippen MR) is 209 cm³/mol. The number of hydrogen-bond acceptors (Lipinski definition) is 10. The number of hydrogen-bond donors (Lipinski definition) is 1. The van der Waals surface area contributed by atoms with Crippen molar-refractivity contribution in [1.82, 2.24) is 24.3 Å². The van der Waals surface area contributed by atoms with Gasteiger partial charge in [-0.3, -0.25) is 9.69 Å². The topological polar surface area (TPSA) is 132 Å². The lowest BCUT2D eigenvalue weighted by Gasteiger charge is -2.39. The van der Waals surface area contributed by atoms with E-state index in [0.29, 0.717) is 37.3 Å². The molecule has 13 nitrogen and oxygen atoms in total. The maximum Gasteiger partial charge on any atom is 0.407 e. The van der Waals surface area contributed by atoms with Crippen molar-refractivity contribution < 1.29 is 28.8 Å². The summed E-state index contributed by atoms with van der Waals surface area (Å²) in [6.45, 7) is 6.14. The van der Waals surface area contributed by atoms with Crippen LogP contribution in [0, 0.1) is 5.92 Å². The van der Waals surface area contributed by atoms with E-state index in [2.05, 4.69) is 28.0 Å². The largest absolute Gasteiger partial charge is 0.496 e. The van der Waals surface area contributed by atoms with Gasteiger partial charge < -0.3 is 38.4 Å². The number of amides is 1. The van der Waals surface area contributed by atoms with E-state index >= 15 is 0 Å². The van der Waals surface area contributed by atoms with E-state index < -0.39 is 11.7 Å². The Bertz CT molecular complexity index is 2020. The van der Waals surface area contributed by atoms with Crippen LogP contribution < -0.4 is 15.2 Å². The molecular weight excluding hydrogens is 700 g/mol. The Labute approximate surface area is 321 Å². The van der Waals surface area contributed by atoms with Crippen LogP contribution in [0.4, 0.5) is 10.7 Å². The number of carboxylic acid groups (broad SMARTS) is 1. The van der Waals surface area contributed by atoms with E-state index in [1.807, 2.05) is 36.5 Å². The summed E-state index contributed by atoms with van der Waals surface area (Å²) >= 11 is 0. The molecule has 1 saturated carbocycles. The summed E-state index contributed by atoms with van der Waals surface area (Å²) in [5.74, 6) is 1.67. The van der Waals surface area contributed by atoms with Gasteiger partial charge in [0, 0.05) is 82.7 Å². The fourth-order valence-electron chi connectivity index (χ4n) is 8.21. The molecule has 0 spiro atoms. The minimum absolute atomic E-state index is 0.0598. The monoisotopic (exact) mass is 752 g/mol. The molecule has 0 radical (unpaired) electrons. The number of piperazine rings is 1. The third-order valence-electron chi connectivity index (χ3n) is 11.6. The van der Waals surface area contributed by atoms with Crippen molar-refractivity contribution >= 4 is 22.9 Å². The average Bonchev–Trinajstić information content (AvgIpc) is 4.05. The molecule has 292 valence electrons. The van der Waals surface area contributed by atoms with Gasteiger partial charge in [-0.05, 0) is 74.1 Å². The molecule has 2 atom stereocenters. The van der Waals surface area contributed by atoms with Crippen LogP contribution in [-0.2, 0) is 26.9 Å². The lowest BCUT2D eigenvalue weighted by atomic mass is 9.87. The van der Waals surface area contributed by atoms with Crippen molar-refractivity contribution in [2.75, 3.05) is 71.0 Å². The molecule has 2 unspecified atom stereocenters. The Kier molecular flexibility index (Phi) is 11.1. The van der Waals surface area contributed by atoms with Gasteiger partial charge in [0.15, 0.2) is 11.9 Å².